The molecular weight excluding hydrogens is 380 g/mol. The Bertz CT molecular complexity index is 853. The number of benzene rings is 2. The minimum absolute atomic E-state index is 0.154. The summed E-state index contributed by atoms with van der Waals surface area (Å²) < 4.78 is 31.7. The van der Waals surface area contributed by atoms with E-state index in [2.05, 4.69) is 5.32 Å². The third-order valence-corrected chi connectivity index (χ3v) is 4.63. The number of hydrogen-bond acceptors (Lipinski definition) is 4. The van der Waals surface area contributed by atoms with Gasteiger partial charge in [-0.3, -0.25) is 14.5 Å². The zero-order chi connectivity index (χ0) is 20.8. The number of carbonyl (C=O) groups excluding carboxylic acids is 2. The Morgan fingerprint density at radius 2 is 1.72 bits per heavy atom. The molecule has 3 rings (SSSR count). The second-order valence-electron chi connectivity index (χ2n) is 6.87. The number of nitrogens with one attached hydrogen (secondary N) is 1. The van der Waals surface area contributed by atoms with Crippen LogP contribution in [0.15, 0.2) is 48.5 Å². The third kappa shape index (κ3) is 5.99. The van der Waals surface area contributed by atoms with Crippen molar-refractivity contribution in [2.75, 3.05) is 38.0 Å². The molecule has 154 valence electrons. The highest BCUT2D eigenvalue weighted by atomic mass is 19.1. The van der Waals surface area contributed by atoms with E-state index in [0.29, 0.717) is 37.6 Å². The molecule has 1 saturated heterocycles. The largest absolute Gasteiger partial charge is 0.481 e. The van der Waals surface area contributed by atoms with E-state index >= 15 is 0 Å². The molecule has 6 nitrogen and oxygen atoms in total. The summed E-state index contributed by atoms with van der Waals surface area (Å²) in [6, 6.07) is 11.2. The Labute approximate surface area is 168 Å². The van der Waals surface area contributed by atoms with E-state index in [0.717, 1.165) is 0 Å². The van der Waals surface area contributed by atoms with Gasteiger partial charge in [-0.1, -0.05) is 6.07 Å². The van der Waals surface area contributed by atoms with Crippen molar-refractivity contribution in [3.8, 4) is 5.75 Å². The molecule has 0 bridgehead atoms. The van der Waals surface area contributed by atoms with E-state index in [1.807, 2.05) is 4.90 Å². The summed E-state index contributed by atoms with van der Waals surface area (Å²) in [5.41, 5.74) is 0.413. The number of hydrogen-bond donors (Lipinski definition) is 1. The molecule has 2 amide bonds. The zero-order valence-electron chi connectivity index (χ0n) is 16.1. The van der Waals surface area contributed by atoms with Crippen LogP contribution < -0.4 is 10.1 Å². The van der Waals surface area contributed by atoms with Crippen molar-refractivity contribution in [3.63, 3.8) is 0 Å². The Kier molecular flexibility index (Phi) is 6.77. The molecule has 1 aliphatic rings. The van der Waals surface area contributed by atoms with Crippen LogP contribution in [-0.2, 0) is 9.59 Å². The van der Waals surface area contributed by atoms with Gasteiger partial charge in [0.25, 0.3) is 5.91 Å². The zero-order valence-corrected chi connectivity index (χ0v) is 16.1. The fraction of sp³-hybridized carbons (Fsp3) is 0.333. The molecule has 0 aromatic heterocycles. The van der Waals surface area contributed by atoms with Gasteiger partial charge in [-0.15, -0.1) is 0 Å². The van der Waals surface area contributed by atoms with Crippen molar-refractivity contribution in [2.24, 2.45) is 0 Å². The summed E-state index contributed by atoms with van der Waals surface area (Å²) in [6.07, 6.45) is -0.691. The monoisotopic (exact) mass is 403 g/mol. The van der Waals surface area contributed by atoms with Gasteiger partial charge in [0.1, 0.15) is 17.4 Å². The van der Waals surface area contributed by atoms with Crippen LogP contribution in [0.3, 0.4) is 0 Å². The van der Waals surface area contributed by atoms with E-state index in [1.54, 1.807) is 17.9 Å². The molecule has 0 spiro atoms. The van der Waals surface area contributed by atoms with E-state index < -0.39 is 11.9 Å². The van der Waals surface area contributed by atoms with Crippen molar-refractivity contribution >= 4 is 17.5 Å². The predicted molar refractivity (Wildman–Crippen MR) is 105 cm³/mol. The lowest BCUT2D eigenvalue weighted by Gasteiger charge is -2.35. The summed E-state index contributed by atoms with van der Waals surface area (Å²) in [4.78, 5) is 28.3. The van der Waals surface area contributed by atoms with E-state index in [-0.39, 0.29) is 24.2 Å². The highest BCUT2D eigenvalue weighted by Crippen LogP contribution is 2.15. The summed E-state index contributed by atoms with van der Waals surface area (Å²) in [6.45, 7) is 3.87. The van der Waals surface area contributed by atoms with Crippen LogP contribution in [0, 0.1) is 11.6 Å². The predicted octanol–water partition coefficient (Wildman–Crippen LogP) is 2.52. The molecule has 1 unspecified atom stereocenters. The van der Waals surface area contributed by atoms with Gasteiger partial charge in [0, 0.05) is 31.9 Å². The number of rotatable bonds is 6. The number of anilines is 1. The lowest BCUT2D eigenvalue weighted by Crippen LogP contribution is -2.53. The van der Waals surface area contributed by atoms with Crippen molar-refractivity contribution < 1.29 is 23.1 Å². The van der Waals surface area contributed by atoms with Gasteiger partial charge < -0.3 is 15.0 Å². The minimum atomic E-state index is -0.691. The average molecular weight is 403 g/mol. The van der Waals surface area contributed by atoms with E-state index in [1.165, 1.54) is 42.5 Å². The van der Waals surface area contributed by atoms with Crippen molar-refractivity contribution in [1.29, 1.82) is 0 Å². The maximum Gasteiger partial charge on any atom is 0.263 e. The minimum Gasteiger partial charge on any atom is -0.481 e. The lowest BCUT2D eigenvalue weighted by molar-refractivity contribution is -0.139. The van der Waals surface area contributed by atoms with Crippen molar-refractivity contribution in [1.82, 2.24) is 9.80 Å². The van der Waals surface area contributed by atoms with Crippen molar-refractivity contribution in [3.05, 3.63) is 60.2 Å². The topological polar surface area (TPSA) is 61.9 Å². The number of ether oxygens (including phenoxy) is 1. The van der Waals surface area contributed by atoms with Crippen LogP contribution in [0.4, 0.5) is 14.5 Å². The first-order chi connectivity index (χ1) is 13.9. The van der Waals surface area contributed by atoms with Gasteiger partial charge in [0.2, 0.25) is 5.91 Å². The number of piperazine rings is 1. The standard InChI is InChI=1S/C21H23F2N3O3/c1-15(29-19-7-5-16(22)6-8-19)21(28)26-11-9-25(10-12-26)14-20(27)24-18-4-2-3-17(23)13-18/h2-8,13,15H,9-12,14H2,1H3,(H,24,27). The molecule has 1 atom stereocenters. The van der Waals surface area contributed by atoms with Crippen LogP contribution in [0.2, 0.25) is 0 Å². The van der Waals surface area contributed by atoms with E-state index in [4.69, 9.17) is 4.74 Å². The molecule has 0 radical (unpaired) electrons. The number of nitrogens with zero attached hydrogens (tertiary/aromatic N) is 2. The summed E-state index contributed by atoms with van der Waals surface area (Å²) in [5, 5.41) is 2.67. The smallest absolute Gasteiger partial charge is 0.263 e. The first-order valence-corrected chi connectivity index (χ1v) is 9.39. The van der Waals surface area contributed by atoms with Crippen LogP contribution in [-0.4, -0.2) is 60.4 Å². The number of halogens is 2. The SMILES string of the molecule is CC(Oc1ccc(F)cc1)C(=O)N1CCN(CC(=O)Nc2cccc(F)c2)CC1. The van der Waals surface area contributed by atoms with Gasteiger partial charge in [0.15, 0.2) is 6.10 Å². The van der Waals surface area contributed by atoms with E-state index in [9.17, 15) is 18.4 Å². The lowest BCUT2D eigenvalue weighted by atomic mass is 10.2. The van der Waals surface area contributed by atoms with Gasteiger partial charge in [-0.05, 0) is 49.4 Å². The number of amides is 2. The molecule has 1 heterocycles. The Balaban J connectivity index is 1.43. The number of carbonyl (C=O) groups is 2. The normalized spacial score (nSPS) is 15.6. The Hall–Kier alpha value is -3.00. The van der Waals surface area contributed by atoms with Crippen LogP contribution in [0.5, 0.6) is 5.75 Å². The quantitative estimate of drug-likeness (QED) is 0.805. The second-order valence-corrected chi connectivity index (χ2v) is 6.87. The third-order valence-electron chi connectivity index (χ3n) is 4.63. The van der Waals surface area contributed by atoms with Crippen LogP contribution >= 0.6 is 0 Å². The molecule has 1 fully saturated rings. The molecule has 2 aromatic rings. The maximum absolute atomic E-state index is 13.2. The fourth-order valence-electron chi connectivity index (χ4n) is 3.12. The first-order valence-electron chi connectivity index (χ1n) is 9.39. The second kappa shape index (κ2) is 9.47. The highest BCUT2D eigenvalue weighted by molar-refractivity contribution is 5.92. The molecule has 0 saturated carbocycles. The summed E-state index contributed by atoms with van der Waals surface area (Å²) in [7, 11) is 0. The van der Waals surface area contributed by atoms with Gasteiger partial charge in [-0.2, -0.15) is 0 Å². The highest BCUT2D eigenvalue weighted by Gasteiger charge is 2.26. The first kappa shape index (κ1) is 20.7. The van der Waals surface area contributed by atoms with Crippen molar-refractivity contribution in [2.45, 2.75) is 13.0 Å². The molecule has 29 heavy (non-hydrogen) atoms. The maximum atomic E-state index is 13.2. The fourth-order valence-corrected chi connectivity index (χ4v) is 3.12. The molecular formula is C21H23F2N3O3. The molecule has 1 N–H and O–H groups in total. The molecule has 2 aromatic carbocycles. The average Bonchev–Trinajstić information content (AvgIpc) is 2.69. The van der Waals surface area contributed by atoms with Gasteiger partial charge >= 0.3 is 0 Å². The van der Waals surface area contributed by atoms with Gasteiger partial charge in [-0.25, -0.2) is 8.78 Å². The summed E-state index contributed by atoms with van der Waals surface area (Å²) in [5.74, 6) is -0.734. The summed E-state index contributed by atoms with van der Waals surface area (Å²) >= 11 is 0. The molecule has 8 heteroatoms. The molecule has 0 aliphatic carbocycles. The van der Waals surface area contributed by atoms with Crippen LogP contribution in [0.1, 0.15) is 6.92 Å². The Morgan fingerprint density at radius 1 is 1.03 bits per heavy atom. The van der Waals surface area contributed by atoms with Crippen LogP contribution in [0.25, 0.3) is 0 Å². The Morgan fingerprint density at radius 3 is 2.38 bits per heavy atom. The molecule has 1 aliphatic heterocycles. The van der Waals surface area contributed by atoms with Gasteiger partial charge in [0.05, 0.1) is 6.54 Å².